The Balaban J connectivity index is 2.02. The first-order valence-corrected chi connectivity index (χ1v) is 11.5. The van der Waals surface area contributed by atoms with Gasteiger partial charge in [0.15, 0.2) is 0 Å². The van der Waals surface area contributed by atoms with Crippen LogP contribution in [0.25, 0.3) is 0 Å². The normalized spacial score (nSPS) is 25.5. The molecule has 0 aromatic heterocycles. The summed E-state index contributed by atoms with van der Waals surface area (Å²) in [7, 11) is 0. The summed E-state index contributed by atoms with van der Waals surface area (Å²) in [6.07, 6.45) is 11.1. The number of unbranched alkanes of at least 4 members (excludes halogenated alkanes) is 6. The van der Waals surface area contributed by atoms with Gasteiger partial charge >= 0.3 is 0 Å². The van der Waals surface area contributed by atoms with Crippen molar-refractivity contribution in [3.8, 4) is 6.07 Å². The van der Waals surface area contributed by atoms with Gasteiger partial charge in [0.1, 0.15) is 0 Å². The standard InChI is InChI=1S/C25H39NO2/c1-3-5-7-8-10-11-22-21(18-26)17-24(28)25(22)20-15-13-19(14-16-20)23(27)12-9-6-4-2/h13-16,21-25,27-28H,3-12,17H2,1-2H3/t21-,22?,23?,24+,25?/m0/s1. The summed E-state index contributed by atoms with van der Waals surface area (Å²) in [5, 5.41) is 30.6. The van der Waals surface area contributed by atoms with Crippen molar-refractivity contribution in [2.24, 2.45) is 11.8 Å². The van der Waals surface area contributed by atoms with Crippen LogP contribution >= 0.6 is 0 Å². The van der Waals surface area contributed by atoms with Crippen LogP contribution in [0.5, 0.6) is 0 Å². The minimum Gasteiger partial charge on any atom is -0.392 e. The lowest BCUT2D eigenvalue weighted by Crippen LogP contribution is -2.18. The van der Waals surface area contributed by atoms with Gasteiger partial charge in [-0.2, -0.15) is 5.26 Å². The highest BCUT2D eigenvalue weighted by atomic mass is 16.3. The van der Waals surface area contributed by atoms with Gasteiger partial charge in [-0.25, -0.2) is 0 Å². The molecule has 3 heteroatoms. The number of rotatable bonds is 12. The summed E-state index contributed by atoms with van der Waals surface area (Å²) >= 11 is 0. The third-order valence-electron chi connectivity index (χ3n) is 6.48. The van der Waals surface area contributed by atoms with Crippen molar-refractivity contribution in [2.45, 2.75) is 103 Å². The van der Waals surface area contributed by atoms with Crippen molar-refractivity contribution in [3.05, 3.63) is 35.4 Å². The minimum atomic E-state index is -0.439. The van der Waals surface area contributed by atoms with Gasteiger partial charge in [-0.1, -0.05) is 89.5 Å². The Morgan fingerprint density at radius 2 is 1.64 bits per heavy atom. The quantitative estimate of drug-likeness (QED) is 0.417. The van der Waals surface area contributed by atoms with Gasteiger partial charge in [0.05, 0.1) is 24.2 Å². The molecule has 0 spiro atoms. The van der Waals surface area contributed by atoms with Crippen molar-refractivity contribution in [3.63, 3.8) is 0 Å². The molecule has 1 aromatic carbocycles. The number of nitrogens with zero attached hydrogens (tertiary/aromatic N) is 1. The Morgan fingerprint density at radius 3 is 2.29 bits per heavy atom. The van der Waals surface area contributed by atoms with E-state index in [4.69, 9.17) is 0 Å². The highest BCUT2D eigenvalue weighted by molar-refractivity contribution is 5.30. The molecule has 0 saturated heterocycles. The van der Waals surface area contributed by atoms with Crippen LogP contribution in [0, 0.1) is 23.2 Å². The summed E-state index contributed by atoms with van der Waals surface area (Å²) in [5.74, 6) is 0.231. The molecular weight excluding hydrogens is 346 g/mol. The van der Waals surface area contributed by atoms with Crippen molar-refractivity contribution in [1.82, 2.24) is 0 Å². The molecule has 0 bridgehead atoms. The summed E-state index contributed by atoms with van der Waals surface area (Å²) in [6.45, 7) is 4.39. The second-order valence-electron chi connectivity index (χ2n) is 8.61. The predicted molar refractivity (Wildman–Crippen MR) is 115 cm³/mol. The van der Waals surface area contributed by atoms with Gasteiger partial charge < -0.3 is 10.2 Å². The topological polar surface area (TPSA) is 64.2 Å². The van der Waals surface area contributed by atoms with E-state index < -0.39 is 12.2 Å². The SMILES string of the molecule is CCCCCCCC1C(c2ccc(C(O)CCCCC)cc2)[C@H](O)C[C@H]1C#N. The molecule has 0 heterocycles. The monoisotopic (exact) mass is 385 g/mol. The molecule has 1 aliphatic rings. The summed E-state index contributed by atoms with van der Waals surface area (Å²) in [6, 6.07) is 10.6. The van der Waals surface area contributed by atoms with Gasteiger partial charge in [-0.15, -0.1) is 0 Å². The van der Waals surface area contributed by atoms with Crippen LogP contribution in [0.2, 0.25) is 0 Å². The van der Waals surface area contributed by atoms with Crippen molar-refractivity contribution < 1.29 is 10.2 Å². The van der Waals surface area contributed by atoms with E-state index in [1.807, 2.05) is 12.1 Å². The molecule has 0 radical (unpaired) electrons. The molecule has 0 amide bonds. The number of benzene rings is 1. The Labute approximate surface area is 171 Å². The third-order valence-corrected chi connectivity index (χ3v) is 6.48. The van der Waals surface area contributed by atoms with Crippen LogP contribution < -0.4 is 0 Å². The van der Waals surface area contributed by atoms with Crippen LogP contribution in [0.1, 0.15) is 108 Å². The van der Waals surface area contributed by atoms with Crippen LogP contribution in [-0.2, 0) is 0 Å². The second-order valence-corrected chi connectivity index (χ2v) is 8.61. The Bertz CT molecular complexity index is 592. The highest BCUT2D eigenvalue weighted by Crippen LogP contribution is 2.46. The fraction of sp³-hybridized carbons (Fsp3) is 0.720. The number of aliphatic hydroxyl groups is 2. The Kier molecular flexibility index (Phi) is 10.0. The zero-order chi connectivity index (χ0) is 20.4. The lowest BCUT2D eigenvalue weighted by molar-refractivity contribution is 0.152. The first kappa shape index (κ1) is 22.9. The predicted octanol–water partition coefficient (Wildman–Crippen LogP) is 6.26. The van der Waals surface area contributed by atoms with Gasteiger partial charge in [-0.3, -0.25) is 0 Å². The molecule has 3 unspecified atom stereocenters. The molecule has 1 aromatic rings. The second kappa shape index (κ2) is 12.2. The fourth-order valence-corrected chi connectivity index (χ4v) is 4.79. The van der Waals surface area contributed by atoms with E-state index in [1.165, 1.54) is 25.7 Å². The summed E-state index contributed by atoms with van der Waals surface area (Å²) < 4.78 is 0. The highest BCUT2D eigenvalue weighted by Gasteiger charge is 2.42. The maximum atomic E-state index is 10.7. The molecule has 1 saturated carbocycles. The van der Waals surface area contributed by atoms with E-state index in [-0.39, 0.29) is 17.8 Å². The molecule has 1 fully saturated rings. The number of aliphatic hydroxyl groups excluding tert-OH is 2. The van der Waals surface area contributed by atoms with E-state index in [2.05, 4.69) is 32.0 Å². The molecular formula is C25H39NO2. The average molecular weight is 386 g/mol. The first-order chi connectivity index (χ1) is 13.6. The fourth-order valence-electron chi connectivity index (χ4n) is 4.79. The largest absolute Gasteiger partial charge is 0.392 e. The van der Waals surface area contributed by atoms with Crippen LogP contribution in [0.15, 0.2) is 24.3 Å². The lowest BCUT2D eigenvalue weighted by Gasteiger charge is -2.24. The van der Waals surface area contributed by atoms with Crippen LogP contribution in [0.4, 0.5) is 0 Å². The molecule has 156 valence electrons. The van der Waals surface area contributed by atoms with Gasteiger partial charge in [0.2, 0.25) is 0 Å². The minimum absolute atomic E-state index is 0.0436. The van der Waals surface area contributed by atoms with E-state index in [0.717, 1.165) is 49.7 Å². The molecule has 1 aliphatic carbocycles. The van der Waals surface area contributed by atoms with E-state index in [0.29, 0.717) is 6.42 Å². The van der Waals surface area contributed by atoms with Gasteiger partial charge in [-0.05, 0) is 36.3 Å². The number of hydrogen-bond acceptors (Lipinski definition) is 3. The Hall–Kier alpha value is -1.37. The molecule has 28 heavy (non-hydrogen) atoms. The Morgan fingerprint density at radius 1 is 1.00 bits per heavy atom. The van der Waals surface area contributed by atoms with Crippen LogP contribution in [-0.4, -0.2) is 16.3 Å². The molecule has 2 rings (SSSR count). The van der Waals surface area contributed by atoms with E-state index in [1.54, 1.807) is 0 Å². The van der Waals surface area contributed by atoms with Crippen molar-refractivity contribution in [2.75, 3.05) is 0 Å². The molecule has 3 nitrogen and oxygen atoms in total. The molecule has 0 aliphatic heterocycles. The zero-order valence-corrected chi connectivity index (χ0v) is 17.8. The molecule has 5 atom stereocenters. The third kappa shape index (κ3) is 6.33. The first-order valence-electron chi connectivity index (χ1n) is 11.5. The maximum absolute atomic E-state index is 10.7. The average Bonchev–Trinajstić information content (AvgIpc) is 3.03. The number of nitriles is 1. The van der Waals surface area contributed by atoms with Crippen molar-refractivity contribution in [1.29, 1.82) is 5.26 Å². The molecule has 2 N–H and O–H groups in total. The van der Waals surface area contributed by atoms with E-state index >= 15 is 0 Å². The summed E-state index contributed by atoms with van der Waals surface area (Å²) in [5.41, 5.74) is 2.08. The lowest BCUT2D eigenvalue weighted by atomic mass is 9.81. The van der Waals surface area contributed by atoms with Gasteiger partial charge in [0.25, 0.3) is 0 Å². The van der Waals surface area contributed by atoms with Crippen LogP contribution in [0.3, 0.4) is 0 Å². The summed E-state index contributed by atoms with van der Waals surface area (Å²) in [4.78, 5) is 0. The number of hydrogen-bond donors (Lipinski definition) is 2. The van der Waals surface area contributed by atoms with E-state index in [9.17, 15) is 15.5 Å². The van der Waals surface area contributed by atoms with Gasteiger partial charge in [0, 0.05) is 5.92 Å². The maximum Gasteiger partial charge on any atom is 0.0790 e. The van der Waals surface area contributed by atoms with Crippen molar-refractivity contribution >= 4 is 0 Å². The smallest absolute Gasteiger partial charge is 0.0790 e. The zero-order valence-electron chi connectivity index (χ0n) is 17.8.